The zero-order valence-corrected chi connectivity index (χ0v) is 8.35. The van der Waals surface area contributed by atoms with Crippen molar-refractivity contribution in [3.63, 3.8) is 0 Å². The normalized spacial score (nSPS) is 9.50. The van der Waals surface area contributed by atoms with Gasteiger partial charge in [0.25, 0.3) is 0 Å². The molecule has 0 atom stereocenters. The largest absolute Gasteiger partial charge is 0.485 e. The smallest absolute Gasteiger partial charge is 0.314 e. The summed E-state index contributed by atoms with van der Waals surface area (Å²) in [7, 11) is 0. The van der Waals surface area contributed by atoms with Gasteiger partial charge in [0.2, 0.25) is 5.75 Å². The van der Waals surface area contributed by atoms with Crippen molar-refractivity contribution in [2.75, 3.05) is 6.61 Å². The summed E-state index contributed by atoms with van der Waals surface area (Å²) in [6, 6.07) is 5.40. The number of nitrogens with zero attached hydrogens (tertiary/aromatic N) is 2. The van der Waals surface area contributed by atoms with Crippen LogP contribution in [0, 0.1) is 27.3 Å². The highest BCUT2D eigenvalue weighted by Crippen LogP contribution is 2.29. The predicted molar refractivity (Wildman–Crippen MR) is 53.4 cm³/mol. The number of ether oxygens (including phenoxy) is 1. The van der Waals surface area contributed by atoms with Crippen LogP contribution in [0.5, 0.6) is 5.75 Å². The Morgan fingerprint density at radius 3 is 2.94 bits per heavy atom. The van der Waals surface area contributed by atoms with E-state index in [4.69, 9.17) is 10.00 Å². The van der Waals surface area contributed by atoms with E-state index >= 15 is 0 Å². The first-order valence-electron chi connectivity index (χ1n) is 4.59. The van der Waals surface area contributed by atoms with Crippen LogP contribution in [-0.2, 0) is 0 Å². The van der Waals surface area contributed by atoms with Crippen LogP contribution in [0.3, 0.4) is 0 Å². The van der Waals surface area contributed by atoms with E-state index in [-0.39, 0.29) is 18.8 Å². The van der Waals surface area contributed by atoms with Crippen molar-refractivity contribution in [1.82, 2.24) is 0 Å². The first kappa shape index (κ1) is 11.9. The molecule has 0 fully saturated rings. The van der Waals surface area contributed by atoms with E-state index in [1.54, 1.807) is 0 Å². The van der Waals surface area contributed by atoms with E-state index in [0.717, 1.165) is 6.07 Å². The summed E-state index contributed by atoms with van der Waals surface area (Å²) >= 11 is 0. The number of halogens is 1. The highest BCUT2D eigenvalue weighted by molar-refractivity contribution is 5.46. The third-order valence-corrected chi connectivity index (χ3v) is 1.82. The molecule has 5 nitrogen and oxygen atoms in total. The monoisotopic (exact) mass is 224 g/mol. The predicted octanol–water partition coefficient (Wildman–Crippen LogP) is 2.42. The van der Waals surface area contributed by atoms with Gasteiger partial charge < -0.3 is 4.74 Å². The summed E-state index contributed by atoms with van der Waals surface area (Å²) in [6.45, 7) is 0.0787. The van der Waals surface area contributed by atoms with E-state index in [1.807, 2.05) is 6.07 Å². The van der Waals surface area contributed by atoms with Crippen molar-refractivity contribution >= 4 is 5.69 Å². The maximum absolute atomic E-state index is 13.2. The minimum absolute atomic E-state index is 0.0787. The molecule has 0 aliphatic carbocycles. The summed E-state index contributed by atoms with van der Waals surface area (Å²) in [5, 5.41) is 18.8. The Labute approximate surface area is 91.2 Å². The van der Waals surface area contributed by atoms with Crippen LogP contribution in [0.15, 0.2) is 18.2 Å². The van der Waals surface area contributed by atoms with E-state index in [9.17, 15) is 14.5 Å². The van der Waals surface area contributed by atoms with Gasteiger partial charge in [-0.25, -0.2) is 4.39 Å². The Morgan fingerprint density at radius 1 is 1.56 bits per heavy atom. The van der Waals surface area contributed by atoms with E-state index in [2.05, 4.69) is 0 Å². The molecule has 0 spiro atoms. The summed E-state index contributed by atoms with van der Waals surface area (Å²) in [4.78, 5) is 9.86. The molecule has 0 saturated heterocycles. The number of nitro groups is 1. The van der Waals surface area contributed by atoms with Gasteiger partial charge in [-0.3, -0.25) is 10.1 Å². The van der Waals surface area contributed by atoms with Gasteiger partial charge in [-0.15, -0.1) is 0 Å². The van der Waals surface area contributed by atoms with Crippen LogP contribution in [0.1, 0.15) is 12.8 Å². The molecule has 0 bridgehead atoms. The van der Waals surface area contributed by atoms with Crippen molar-refractivity contribution in [2.24, 2.45) is 0 Å². The number of unbranched alkanes of at least 4 members (excludes halogenated alkanes) is 1. The fourth-order valence-electron chi connectivity index (χ4n) is 1.11. The maximum atomic E-state index is 13.2. The molecule has 0 amide bonds. The van der Waals surface area contributed by atoms with Gasteiger partial charge in [-0.1, -0.05) is 6.07 Å². The fourth-order valence-corrected chi connectivity index (χ4v) is 1.11. The number of benzene rings is 1. The van der Waals surface area contributed by atoms with Crippen LogP contribution in [-0.4, -0.2) is 11.5 Å². The molecule has 6 heteroatoms. The molecule has 1 aromatic rings. The molecular formula is C10H9FN2O3. The van der Waals surface area contributed by atoms with Crippen molar-refractivity contribution in [3.05, 3.63) is 34.1 Å². The first-order valence-corrected chi connectivity index (χ1v) is 4.59. The zero-order chi connectivity index (χ0) is 12.0. The maximum Gasteiger partial charge on any atom is 0.314 e. The zero-order valence-electron chi connectivity index (χ0n) is 8.35. The molecule has 0 unspecified atom stereocenters. The van der Waals surface area contributed by atoms with E-state index < -0.39 is 16.4 Å². The van der Waals surface area contributed by atoms with Gasteiger partial charge in [0, 0.05) is 12.5 Å². The van der Waals surface area contributed by atoms with Gasteiger partial charge in [-0.05, 0) is 12.5 Å². The average Bonchev–Trinajstić information content (AvgIpc) is 2.25. The van der Waals surface area contributed by atoms with Gasteiger partial charge in [0.1, 0.15) is 0 Å². The second kappa shape index (κ2) is 5.66. The Balaban J connectivity index is 2.77. The van der Waals surface area contributed by atoms with Crippen LogP contribution in [0.2, 0.25) is 0 Å². The number of hydrogen-bond acceptors (Lipinski definition) is 4. The number of rotatable bonds is 5. The van der Waals surface area contributed by atoms with Crippen molar-refractivity contribution < 1.29 is 14.1 Å². The third-order valence-electron chi connectivity index (χ3n) is 1.82. The number of nitriles is 1. The molecule has 84 valence electrons. The lowest BCUT2D eigenvalue weighted by Gasteiger charge is -2.06. The lowest BCUT2D eigenvalue weighted by molar-refractivity contribution is -0.386. The summed E-state index contributed by atoms with van der Waals surface area (Å²) in [5.41, 5.74) is -0.406. The molecule has 1 rings (SSSR count). The molecule has 0 saturated carbocycles. The standard InChI is InChI=1S/C10H9FN2O3/c11-8-4-3-5-9(13(14)15)10(8)16-7-2-1-6-12/h3-5H,1-2,7H2. The molecule has 0 heterocycles. The van der Waals surface area contributed by atoms with Crippen LogP contribution in [0.4, 0.5) is 10.1 Å². The molecule has 1 aromatic carbocycles. The third kappa shape index (κ3) is 2.92. The SMILES string of the molecule is N#CCCCOc1c(F)cccc1[N+](=O)[O-]. The molecule has 0 aliphatic heterocycles. The summed E-state index contributed by atoms with van der Waals surface area (Å²) < 4.78 is 18.2. The Hall–Kier alpha value is -2.16. The fraction of sp³-hybridized carbons (Fsp3) is 0.300. The number of nitro benzene ring substituents is 1. The average molecular weight is 224 g/mol. The molecular weight excluding hydrogens is 215 g/mol. The highest BCUT2D eigenvalue weighted by atomic mass is 19.1. The lowest BCUT2D eigenvalue weighted by atomic mass is 10.3. The Kier molecular flexibility index (Phi) is 4.21. The molecule has 0 radical (unpaired) electrons. The number of para-hydroxylation sites is 1. The van der Waals surface area contributed by atoms with Crippen LogP contribution in [0.25, 0.3) is 0 Å². The topological polar surface area (TPSA) is 76.2 Å². The van der Waals surface area contributed by atoms with Crippen molar-refractivity contribution in [2.45, 2.75) is 12.8 Å². The van der Waals surface area contributed by atoms with Gasteiger partial charge in [0.05, 0.1) is 17.6 Å². The van der Waals surface area contributed by atoms with Crippen LogP contribution < -0.4 is 4.74 Å². The van der Waals surface area contributed by atoms with Gasteiger partial charge >= 0.3 is 5.69 Å². The molecule has 16 heavy (non-hydrogen) atoms. The van der Waals surface area contributed by atoms with E-state index in [1.165, 1.54) is 12.1 Å². The number of hydrogen-bond donors (Lipinski definition) is 0. The van der Waals surface area contributed by atoms with Gasteiger partial charge in [0.15, 0.2) is 5.82 Å². The van der Waals surface area contributed by atoms with Crippen molar-refractivity contribution in [3.8, 4) is 11.8 Å². The molecule has 0 aromatic heterocycles. The summed E-state index contributed by atoms with van der Waals surface area (Å²) in [5.74, 6) is -1.14. The lowest BCUT2D eigenvalue weighted by Crippen LogP contribution is -2.02. The van der Waals surface area contributed by atoms with E-state index in [0.29, 0.717) is 6.42 Å². The molecule has 0 N–H and O–H groups in total. The quantitative estimate of drug-likeness (QED) is 0.437. The van der Waals surface area contributed by atoms with Gasteiger partial charge in [-0.2, -0.15) is 5.26 Å². The minimum Gasteiger partial charge on any atom is -0.485 e. The van der Waals surface area contributed by atoms with Crippen LogP contribution >= 0.6 is 0 Å². The first-order chi connectivity index (χ1) is 7.66. The summed E-state index contributed by atoms with van der Waals surface area (Å²) in [6.07, 6.45) is 0.671. The second-order valence-electron chi connectivity index (χ2n) is 2.96. The Bertz CT molecular complexity index is 429. The highest BCUT2D eigenvalue weighted by Gasteiger charge is 2.18. The van der Waals surface area contributed by atoms with Crippen molar-refractivity contribution in [1.29, 1.82) is 5.26 Å². The molecule has 0 aliphatic rings. The second-order valence-corrected chi connectivity index (χ2v) is 2.96. The minimum atomic E-state index is -0.772. The Morgan fingerprint density at radius 2 is 2.31 bits per heavy atom.